The van der Waals surface area contributed by atoms with Gasteiger partial charge in [-0.15, -0.1) is 0 Å². The van der Waals surface area contributed by atoms with Gasteiger partial charge in [-0.1, -0.05) is 115 Å². The second kappa shape index (κ2) is 8.95. The number of rotatable bonds is 3. The molecule has 42 heavy (non-hydrogen) atoms. The summed E-state index contributed by atoms with van der Waals surface area (Å²) in [6, 6.07) is -19.9. The van der Waals surface area contributed by atoms with Crippen LogP contribution in [0.25, 0.3) is 88.0 Å². The van der Waals surface area contributed by atoms with E-state index in [-0.39, 0.29) is 0 Å². The summed E-state index contributed by atoms with van der Waals surface area (Å²) in [5.41, 5.74) is -4.81. The van der Waals surface area contributed by atoms with Crippen molar-refractivity contribution in [2.75, 3.05) is 0 Å². The van der Waals surface area contributed by atoms with Crippen LogP contribution in [0.5, 0.6) is 0 Å². The van der Waals surface area contributed by atoms with Crippen molar-refractivity contribution in [3.63, 3.8) is 0 Å². The van der Waals surface area contributed by atoms with Gasteiger partial charge in [0.2, 0.25) is 0 Å². The van der Waals surface area contributed by atoms with Gasteiger partial charge in [0.15, 0.2) is 0 Å². The summed E-state index contributed by atoms with van der Waals surface area (Å²) < 4.78 is 223. The average Bonchev–Trinajstić information content (AvgIpc) is 3.86. The fraction of sp³-hybridized carbons (Fsp3) is 0. The molecule has 2 heterocycles. The highest BCUT2D eigenvalue weighted by Crippen LogP contribution is 2.45. The number of furan rings is 2. The predicted octanol–water partition coefficient (Wildman–Crippen LogP) is 11.6. The first-order chi connectivity index (χ1) is 30.8. The maximum absolute atomic E-state index is 9.60. The first-order valence-corrected chi connectivity index (χ1v) is 12.3. The van der Waals surface area contributed by atoms with Crippen LogP contribution >= 0.6 is 0 Å². The van der Waals surface area contributed by atoms with Crippen LogP contribution in [0.3, 0.4) is 0 Å². The van der Waals surface area contributed by atoms with Crippen LogP contribution < -0.4 is 0 Å². The molecular formula is C40H24O2. The van der Waals surface area contributed by atoms with Crippen molar-refractivity contribution in [1.82, 2.24) is 0 Å². The Bertz CT molecular complexity index is 3670. The minimum atomic E-state index is -0.917. The molecule has 7 aromatic carbocycles. The molecule has 9 aromatic rings. The lowest BCUT2D eigenvalue weighted by molar-refractivity contribution is 0.631. The summed E-state index contributed by atoms with van der Waals surface area (Å²) in [4.78, 5) is 0. The van der Waals surface area contributed by atoms with Crippen LogP contribution in [0.15, 0.2) is 154 Å². The minimum Gasteiger partial charge on any atom is -0.456 e. The summed E-state index contributed by atoms with van der Waals surface area (Å²) in [5.74, 6) is -0.586. The second-order valence-corrected chi connectivity index (χ2v) is 9.02. The summed E-state index contributed by atoms with van der Waals surface area (Å²) in [6.45, 7) is 0. The third kappa shape index (κ3) is 3.45. The molecule has 0 fully saturated rings. The van der Waals surface area contributed by atoms with Gasteiger partial charge in [-0.25, -0.2) is 0 Å². The third-order valence-electron chi connectivity index (χ3n) is 6.71. The van der Waals surface area contributed by atoms with Crippen molar-refractivity contribution in [2.45, 2.75) is 0 Å². The number of benzene rings is 7. The molecule has 0 aliphatic carbocycles. The molecule has 2 nitrogen and oxygen atoms in total. The van der Waals surface area contributed by atoms with Crippen LogP contribution in [0.1, 0.15) is 32.9 Å². The fourth-order valence-corrected chi connectivity index (χ4v) is 4.97. The summed E-state index contributed by atoms with van der Waals surface area (Å²) in [7, 11) is 0. The van der Waals surface area contributed by atoms with E-state index in [0.29, 0.717) is 0 Å². The zero-order valence-corrected chi connectivity index (χ0v) is 20.8. The first-order valence-electron chi connectivity index (χ1n) is 24.3. The van der Waals surface area contributed by atoms with Crippen LogP contribution in [-0.2, 0) is 0 Å². The standard InChI is InChI=1S/C40H24O2/c1-3-11-25(12-4-1)35-22-28-23-38-34(24-36(28)41-35)29-20-19-27(21-37(29)42-38)40-32-17-9-7-15-30(32)39(26-13-5-2-6-14-26)31-16-8-10-18-33(31)40/h1-24H/i1D,2D,3D,4D,5D,6D,7D,8D,9D,10D,11D,12D,13D,14D,15D,16D,17D,18D,19D,20D,21D,22D,23D,24D. The Balaban J connectivity index is 1.49. The molecule has 0 aliphatic heterocycles. The molecule has 0 atom stereocenters. The molecule has 0 spiro atoms. The van der Waals surface area contributed by atoms with E-state index >= 15 is 0 Å². The van der Waals surface area contributed by atoms with E-state index < -0.39 is 233 Å². The fourth-order valence-electron chi connectivity index (χ4n) is 4.97. The summed E-state index contributed by atoms with van der Waals surface area (Å²) >= 11 is 0. The average molecular weight is 561 g/mol. The van der Waals surface area contributed by atoms with Crippen molar-refractivity contribution < 1.29 is 41.7 Å². The van der Waals surface area contributed by atoms with Crippen LogP contribution in [0.4, 0.5) is 0 Å². The maximum Gasteiger partial charge on any atom is 0.136 e. The van der Waals surface area contributed by atoms with Crippen molar-refractivity contribution in [2.24, 2.45) is 0 Å². The Morgan fingerprint density at radius 1 is 0.357 bits per heavy atom. The largest absolute Gasteiger partial charge is 0.456 e. The van der Waals surface area contributed by atoms with E-state index in [4.69, 9.17) is 33.5 Å². The molecule has 0 radical (unpaired) electrons. The van der Waals surface area contributed by atoms with E-state index in [2.05, 4.69) is 0 Å². The topological polar surface area (TPSA) is 26.3 Å². The van der Waals surface area contributed by atoms with Gasteiger partial charge in [0.05, 0.1) is 32.9 Å². The Kier molecular flexibility index (Phi) is 2.08. The van der Waals surface area contributed by atoms with E-state index in [9.17, 15) is 8.22 Å². The van der Waals surface area contributed by atoms with E-state index in [1.807, 2.05) is 0 Å². The Morgan fingerprint density at radius 2 is 0.905 bits per heavy atom. The van der Waals surface area contributed by atoms with Gasteiger partial charge in [-0.05, 0) is 74.0 Å². The van der Waals surface area contributed by atoms with Gasteiger partial charge in [0, 0.05) is 21.7 Å². The molecular weight excluding hydrogens is 512 g/mol. The van der Waals surface area contributed by atoms with Crippen molar-refractivity contribution >= 4 is 54.5 Å². The third-order valence-corrected chi connectivity index (χ3v) is 6.71. The molecule has 2 aromatic heterocycles. The highest BCUT2D eigenvalue weighted by Gasteiger charge is 2.18. The maximum atomic E-state index is 9.60. The van der Waals surface area contributed by atoms with Gasteiger partial charge >= 0.3 is 0 Å². The Morgan fingerprint density at radius 3 is 1.55 bits per heavy atom. The van der Waals surface area contributed by atoms with Gasteiger partial charge in [-0.2, -0.15) is 0 Å². The lowest BCUT2D eigenvalue weighted by Crippen LogP contribution is -1.90. The number of hydrogen-bond donors (Lipinski definition) is 0. The SMILES string of the molecule is [2H]c1c([2H])c([2H])c(-c2oc3c([2H])c4c(oc5c([2H])c(-c6c7c([2H])c([2H])c([2H])c([2H])c7c(-c7c([2H])c([2H])c([2H])c([2H])c7[2H])c7c([2H])c([2H])c([2H])c([2H])c67)c([2H])c([2H])c54)c([2H])c3c2[2H])c([2H])c1[2H]. The Labute approximate surface area is 275 Å². The zero-order valence-electron chi connectivity index (χ0n) is 44.8. The highest BCUT2D eigenvalue weighted by atomic mass is 16.3. The molecule has 0 N–H and O–H groups in total. The lowest BCUT2D eigenvalue weighted by atomic mass is 9.86. The molecule has 0 saturated carbocycles. The highest BCUT2D eigenvalue weighted by molar-refractivity contribution is 6.22. The van der Waals surface area contributed by atoms with Gasteiger partial charge in [0.1, 0.15) is 22.5 Å². The monoisotopic (exact) mass is 560 g/mol. The van der Waals surface area contributed by atoms with E-state index in [0.717, 1.165) is 0 Å². The molecule has 196 valence electrons. The van der Waals surface area contributed by atoms with Gasteiger partial charge in [-0.3, -0.25) is 0 Å². The van der Waals surface area contributed by atoms with E-state index in [1.54, 1.807) is 0 Å². The summed E-state index contributed by atoms with van der Waals surface area (Å²) in [5, 5.41) is -3.76. The lowest BCUT2D eigenvalue weighted by Gasteiger charge is -2.17. The van der Waals surface area contributed by atoms with Crippen molar-refractivity contribution in [1.29, 1.82) is 0 Å². The zero-order chi connectivity index (χ0) is 48.5. The quantitative estimate of drug-likeness (QED) is 0.201. The summed E-state index contributed by atoms with van der Waals surface area (Å²) in [6.07, 6.45) is 0. The van der Waals surface area contributed by atoms with Gasteiger partial charge < -0.3 is 8.83 Å². The predicted molar refractivity (Wildman–Crippen MR) is 175 cm³/mol. The van der Waals surface area contributed by atoms with E-state index in [1.165, 1.54) is 0 Å². The molecule has 9 rings (SSSR count). The molecule has 2 heteroatoms. The normalized spacial score (nSPS) is 19.8. The van der Waals surface area contributed by atoms with Crippen molar-refractivity contribution in [3.05, 3.63) is 145 Å². The molecule has 0 saturated heterocycles. The number of fused-ring (bicyclic) bond motifs is 6. The van der Waals surface area contributed by atoms with Crippen LogP contribution in [0, 0.1) is 0 Å². The Hall–Kier alpha value is -5.60. The van der Waals surface area contributed by atoms with Gasteiger partial charge in [0.25, 0.3) is 0 Å². The van der Waals surface area contributed by atoms with Crippen LogP contribution in [0.2, 0.25) is 0 Å². The molecule has 0 unspecified atom stereocenters. The molecule has 0 bridgehead atoms. The first kappa shape index (κ1) is 9.75. The molecule has 0 amide bonds. The second-order valence-electron chi connectivity index (χ2n) is 9.02. The van der Waals surface area contributed by atoms with Crippen molar-refractivity contribution in [3.8, 4) is 33.6 Å². The number of hydrogen-bond acceptors (Lipinski definition) is 2. The minimum absolute atomic E-state index is 0.391. The smallest absolute Gasteiger partial charge is 0.136 e. The van der Waals surface area contributed by atoms with Crippen LogP contribution in [-0.4, -0.2) is 0 Å². The molecule has 0 aliphatic rings.